The van der Waals surface area contributed by atoms with Crippen molar-refractivity contribution in [2.75, 3.05) is 25.2 Å². The fourth-order valence-corrected chi connectivity index (χ4v) is 2.38. The van der Waals surface area contributed by atoms with Crippen molar-refractivity contribution in [3.8, 4) is 0 Å². The molecule has 0 saturated carbocycles. The van der Waals surface area contributed by atoms with Gasteiger partial charge >= 0.3 is 0 Å². The van der Waals surface area contributed by atoms with Crippen molar-refractivity contribution in [2.45, 2.75) is 33.2 Å². The minimum absolute atomic E-state index is 0.0218. The van der Waals surface area contributed by atoms with Crippen molar-refractivity contribution in [2.24, 2.45) is 5.92 Å². The van der Waals surface area contributed by atoms with Crippen LogP contribution in [0.15, 0.2) is 12.1 Å². The molecule has 0 aromatic carbocycles. The number of amides is 1. The summed E-state index contributed by atoms with van der Waals surface area (Å²) in [6.45, 7) is 8.09. The lowest BCUT2D eigenvalue weighted by molar-refractivity contribution is -0.121. The predicted molar refractivity (Wildman–Crippen MR) is 74.7 cm³/mol. The summed E-state index contributed by atoms with van der Waals surface area (Å²) < 4.78 is 7.27. The standard InChI is InChI=1S/C14H23N3O2/c1-4-7-15-13-9-19-8-12(13)14(18)16-17-10(2)5-6-11(17)3/h5-6,12-13,15H,4,7-9H2,1-3H3,(H,16,18). The largest absolute Gasteiger partial charge is 0.379 e. The summed E-state index contributed by atoms with van der Waals surface area (Å²) in [4.78, 5) is 12.3. The van der Waals surface area contributed by atoms with Gasteiger partial charge in [-0.2, -0.15) is 0 Å². The minimum Gasteiger partial charge on any atom is -0.379 e. The van der Waals surface area contributed by atoms with E-state index in [1.165, 1.54) is 0 Å². The second kappa shape index (κ2) is 6.21. The quantitative estimate of drug-likeness (QED) is 0.841. The molecule has 5 heteroatoms. The van der Waals surface area contributed by atoms with Crippen LogP contribution < -0.4 is 10.7 Å². The van der Waals surface area contributed by atoms with Gasteiger partial charge in [0.25, 0.3) is 0 Å². The van der Waals surface area contributed by atoms with Crippen molar-refractivity contribution >= 4 is 5.91 Å². The van der Waals surface area contributed by atoms with Gasteiger partial charge in [0, 0.05) is 17.4 Å². The molecule has 19 heavy (non-hydrogen) atoms. The van der Waals surface area contributed by atoms with Crippen LogP contribution in [-0.4, -0.2) is 36.4 Å². The summed E-state index contributed by atoms with van der Waals surface area (Å²) in [7, 11) is 0. The monoisotopic (exact) mass is 265 g/mol. The molecule has 106 valence electrons. The Morgan fingerprint density at radius 1 is 1.37 bits per heavy atom. The normalized spacial score (nSPS) is 22.7. The Morgan fingerprint density at radius 3 is 2.68 bits per heavy atom. The third-order valence-electron chi connectivity index (χ3n) is 3.57. The molecule has 1 fully saturated rings. The van der Waals surface area contributed by atoms with E-state index in [-0.39, 0.29) is 17.9 Å². The van der Waals surface area contributed by atoms with E-state index in [0.29, 0.717) is 13.2 Å². The number of hydrogen-bond acceptors (Lipinski definition) is 3. The lowest BCUT2D eigenvalue weighted by atomic mass is 10.0. The zero-order valence-corrected chi connectivity index (χ0v) is 11.9. The highest BCUT2D eigenvalue weighted by Crippen LogP contribution is 2.15. The highest BCUT2D eigenvalue weighted by atomic mass is 16.5. The third-order valence-corrected chi connectivity index (χ3v) is 3.57. The van der Waals surface area contributed by atoms with Crippen molar-refractivity contribution in [1.29, 1.82) is 0 Å². The van der Waals surface area contributed by atoms with Crippen LogP contribution in [0.4, 0.5) is 0 Å². The van der Waals surface area contributed by atoms with E-state index in [1.54, 1.807) is 0 Å². The summed E-state index contributed by atoms with van der Waals surface area (Å²) in [5.41, 5.74) is 5.03. The number of aromatic nitrogens is 1. The molecule has 1 aliphatic heterocycles. The van der Waals surface area contributed by atoms with Gasteiger partial charge in [-0.25, -0.2) is 0 Å². The summed E-state index contributed by atoms with van der Waals surface area (Å²) in [5, 5.41) is 3.38. The molecule has 5 nitrogen and oxygen atoms in total. The van der Waals surface area contributed by atoms with E-state index in [9.17, 15) is 4.79 Å². The van der Waals surface area contributed by atoms with Gasteiger partial charge in [-0.15, -0.1) is 0 Å². The third kappa shape index (κ3) is 3.16. The number of carbonyl (C=O) groups excluding carboxylic acids is 1. The maximum atomic E-state index is 12.3. The Labute approximate surface area is 114 Å². The van der Waals surface area contributed by atoms with E-state index < -0.39 is 0 Å². The highest BCUT2D eigenvalue weighted by Gasteiger charge is 2.33. The molecule has 2 unspecified atom stereocenters. The molecule has 0 spiro atoms. The molecule has 2 atom stereocenters. The van der Waals surface area contributed by atoms with Gasteiger partial charge in [-0.1, -0.05) is 6.92 Å². The number of nitrogens with one attached hydrogen (secondary N) is 2. The molecule has 0 aliphatic carbocycles. The molecule has 2 N–H and O–H groups in total. The molecule has 2 heterocycles. The Morgan fingerprint density at radius 2 is 2.05 bits per heavy atom. The van der Waals surface area contributed by atoms with E-state index in [4.69, 9.17) is 4.74 Å². The maximum absolute atomic E-state index is 12.3. The summed E-state index contributed by atoms with van der Waals surface area (Å²) in [5.74, 6) is -0.0961. The van der Waals surface area contributed by atoms with Gasteiger partial charge in [0.15, 0.2) is 0 Å². The zero-order valence-electron chi connectivity index (χ0n) is 11.9. The molecule has 2 rings (SSSR count). The summed E-state index contributed by atoms with van der Waals surface area (Å²) >= 11 is 0. The van der Waals surface area contributed by atoms with Crippen molar-refractivity contribution in [3.63, 3.8) is 0 Å². The average Bonchev–Trinajstić information content (AvgIpc) is 2.97. The predicted octanol–water partition coefficient (Wildman–Crippen LogP) is 1.19. The first-order valence-electron chi connectivity index (χ1n) is 6.90. The van der Waals surface area contributed by atoms with Crippen LogP contribution in [0.5, 0.6) is 0 Å². The zero-order chi connectivity index (χ0) is 13.8. The van der Waals surface area contributed by atoms with Crippen molar-refractivity contribution in [3.05, 3.63) is 23.5 Å². The van der Waals surface area contributed by atoms with Crippen LogP contribution in [0.2, 0.25) is 0 Å². The maximum Gasteiger partial charge on any atom is 0.245 e. The average molecular weight is 265 g/mol. The van der Waals surface area contributed by atoms with Gasteiger partial charge in [0.2, 0.25) is 5.91 Å². The SMILES string of the molecule is CCCNC1COCC1C(=O)Nn1c(C)ccc1C. The lowest BCUT2D eigenvalue weighted by Gasteiger charge is -2.20. The summed E-state index contributed by atoms with van der Waals surface area (Å²) in [6, 6.07) is 4.11. The first-order chi connectivity index (χ1) is 9.13. The molecule has 1 aromatic rings. The van der Waals surface area contributed by atoms with Crippen LogP contribution in [-0.2, 0) is 9.53 Å². The van der Waals surface area contributed by atoms with Crippen LogP contribution in [0.3, 0.4) is 0 Å². The number of nitrogens with zero attached hydrogens (tertiary/aromatic N) is 1. The molecular formula is C14H23N3O2. The van der Waals surface area contributed by atoms with Gasteiger partial charge < -0.3 is 10.1 Å². The van der Waals surface area contributed by atoms with E-state index >= 15 is 0 Å². The van der Waals surface area contributed by atoms with Crippen LogP contribution in [0.25, 0.3) is 0 Å². The Bertz CT molecular complexity index is 422. The van der Waals surface area contributed by atoms with E-state index in [1.807, 2.05) is 30.7 Å². The number of aryl methyl sites for hydroxylation is 2. The Kier molecular flexibility index (Phi) is 4.61. The molecule has 1 aliphatic rings. The number of rotatable bonds is 5. The van der Waals surface area contributed by atoms with Gasteiger partial charge in [-0.05, 0) is 38.9 Å². The van der Waals surface area contributed by atoms with Crippen LogP contribution >= 0.6 is 0 Å². The first-order valence-corrected chi connectivity index (χ1v) is 6.90. The van der Waals surface area contributed by atoms with Gasteiger partial charge in [0.05, 0.1) is 19.1 Å². The Hall–Kier alpha value is -1.33. The highest BCUT2D eigenvalue weighted by molar-refractivity contribution is 5.87. The van der Waals surface area contributed by atoms with Crippen LogP contribution in [0.1, 0.15) is 24.7 Å². The fraction of sp³-hybridized carbons (Fsp3) is 0.643. The molecule has 1 aromatic heterocycles. The fourth-order valence-electron chi connectivity index (χ4n) is 2.38. The van der Waals surface area contributed by atoms with Gasteiger partial charge in [-0.3, -0.25) is 14.9 Å². The van der Waals surface area contributed by atoms with E-state index in [2.05, 4.69) is 17.7 Å². The molecule has 1 saturated heterocycles. The number of hydrogen-bond donors (Lipinski definition) is 2. The number of carbonyl (C=O) groups is 1. The molecule has 0 bridgehead atoms. The minimum atomic E-state index is -0.118. The molecular weight excluding hydrogens is 242 g/mol. The second-order valence-corrected chi connectivity index (χ2v) is 5.13. The molecule has 0 radical (unpaired) electrons. The second-order valence-electron chi connectivity index (χ2n) is 5.13. The number of ether oxygens (including phenoxy) is 1. The van der Waals surface area contributed by atoms with Crippen molar-refractivity contribution in [1.82, 2.24) is 9.99 Å². The van der Waals surface area contributed by atoms with Crippen LogP contribution in [0, 0.1) is 19.8 Å². The first kappa shape index (κ1) is 14.1. The van der Waals surface area contributed by atoms with E-state index in [0.717, 1.165) is 24.4 Å². The van der Waals surface area contributed by atoms with Gasteiger partial charge in [0.1, 0.15) is 0 Å². The lowest BCUT2D eigenvalue weighted by Crippen LogP contribution is -2.43. The Balaban J connectivity index is 1.99. The summed E-state index contributed by atoms with van der Waals surface area (Å²) in [6.07, 6.45) is 1.06. The topological polar surface area (TPSA) is 55.3 Å². The molecule has 1 amide bonds. The smallest absolute Gasteiger partial charge is 0.245 e. The van der Waals surface area contributed by atoms with Crippen molar-refractivity contribution < 1.29 is 9.53 Å².